The van der Waals surface area contributed by atoms with Crippen molar-refractivity contribution in [2.45, 2.75) is 32.7 Å². The second kappa shape index (κ2) is 6.12. The zero-order valence-electron chi connectivity index (χ0n) is 14.5. The summed E-state index contributed by atoms with van der Waals surface area (Å²) in [5.74, 6) is 3.23. The Kier molecular flexibility index (Phi) is 3.79. The number of aromatic nitrogens is 4. The highest BCUT2D eigenvalue weighted by atomic mass is 15.4. The Balaban J connectivity index is 1.51. The summed E-state index contributed by atoms with van der Waals surface area (Å²) in [7, 11) is 1.91. The lowest BCUT2D eigenvalue weighted by Crippen LogP contribution is -2.30. The monoisotopic (exact) mass is 336 g/mol. The predicted octanol–water partition coefficient (Wildman–Crippen LogP) is 1.56. The van der Waals surface area contributed by atoms with Gasteiger partial charge in [-0.1, -0.05) is 6.07 Å². The van der Waals surface area contributed by atoms with E-state index in [2.05, 4.69) is 32.1 Å². The third-order valence-electron chi connectivity index (χ3n) is 4.23. The van der Waals surface area contributed by atoms with Crippen LogP contribution in [0.2, 0.25) is 0 Å². The summed E-state index contributed by atoms with van der Waals surface area (Å²) in [5, 5.41) is 9.10. The molecule has 1 unspecified atom stereocenters. The van der Waals surface area contributed by atoms with E-state index in [9.17, 15) is 0 Å². The van der Waals surface area contributed by atoms with Crippen LogP contribution in [0.4, 0.5) is 0 Å². The van der Waals surface area contributed by atoms with Gasteiger partial charge in [0.05, 0.1) is 18.6 Å². The molecular weight excluding hydrogens is 316 g/mol. The molecule has 8 nitrogen and oxygen atoms in total. The van der Waals surface area contributed by atoms with Crippen LogP contribution in [0.25, 0.3) is 5.95 Å². The fourth-order valence-corrected chi connectivity index (χ4v) is 2.83. The quantitative estimate of drug-likeness (QED) is 0.795. The summed E-state index contributed by atoms with van der Waals surface area (Å²) >= 11 is 0. The molecule has 0 saturated carbocycles. The van der Waals surface area contributed by atoms with Crippen molar-refractivity contribution in [1.82, 2.24) is 14.8 Å². The highest BCUT2D eigenvalue weighted by Crippen LogP contribution is 2.22. The summed E-state index contributed by atoms with van der Waals surface area (Å²) in [5.41, 5.74) is 0.901. The van der Waals surface area contributed by atoms with Gasteiger partial charge in [-0.3, -0.25) is 4.99 Å². The van der Waals surface area contributed by atoms with Crippen molar-refractivity contribution in [3.8, 4) is 5.95 Å². The number of pyridine rings is 1. The van der Waals surface area contributed by atoms with Gasteiger partial charge in [0.15, 0.2) is 6.04 Å². The molecule has 25 heavy (non-hydrogen) atoms. The molecule has 0 radical (unpaired) electrons. The van der Waals surface area contributed by atoms with Crippen molar-refractivity contribution in [3.63, 3.8) is 0 Å². The number of aryl methyl sites for hydroxylation is 2. The fraction of sp³-hybridized carbons (Fsp3) is 0.353. The molecule has 126 valence electrons. The maximum atomic E-state index is 4.63. The molecule has 1 atom stereocenters. The van der Waals surface area contributed by atoms with E-state index in [1.54, 1.807) is 0 Å². The van der Waals surface area contributed by atoms with Crippen LogP contribution in [0.1, 0.15) is 26.1 Å². The third kappa shape index (κ3) is 2.90. The van der Waals surface area contributed by atoms with Crippen LogP contribution >= 0.6 is 0 Å². The highest BCUT2D eigenvalue weighted by molar-refractivity contribution is 5.84. The zero-order chi connectivity index (χ0) is 17.4. The minimum absolute atomic E-state index is 0.135. The molecule has 0 aliphatic carbocycles. The van der Waals surface area contributed by atoms with E-state index in [1.165, 1.54) is 0 Å². The van der Waals surface area contributed by atoms with Crippen LogP contribution in [0.5, 0.6) is 0 Å². The van der Waals surface area contributed by atoms with Crippen molar-refractivity contribution in [3.05, 3.63) is 47.9 Å². The minimum Gasteiger partial charge on any atom is -0.253 e. The first-order valence-corrected chi connectivity index (χ1v) is 8.32. The first-order valence-electron chi connectivity index (χ1n) is 8.32. The van der Waals surface area contributed by atoms with Gasteiger partial charge in [-0.25, -0.2) is 4.57 Å². The van der Waals surface area contributed by atoms with Gasteiger partial charge in [-0.2, -0.15) is 4.68 Å². The van der Waals surface area contributed by atoms with Crippen molar-refractivity contribution in [2.24, 2.45) is 22.1 Å². The van der Waals surface area contributed by atoms with E-state index in [1.807, 2.05) is 64.7 Å². The van der Waals surface area contributed by atoms with Crippen molar-refractivity contribution >= 4 is 12.1 Å². The van der Waals surface area contributed by atoms with E-state index in [4.69, 9.17) is 0 Å². The normalized spacial score (nSPS) is 19.1. The largest absolute Gasteiger partial charge is 0.459 e. The topological polar surface area (TPSA) is 74.7 Å². The molecule has 0 spiro atoms. The molecule has 8 heteroatoms. The van der Waals surface area contributed by atoms with E-state index in [-0.39, 0.29) is 6.04 Å². The van der Waals surface area contributed by atoms with E-state index >= 15 is 0 Å². The molecule has 0 aromatic carbocycles. The second-order valence-electron chi connectivity index (χ2n) is 6.13. The first kappa shape index (κ1) is 15.5. The number of allylic oxidation sites excluding steroid dienone is 1. The molecule has 0 N–H and O–H groups in total. The minimum atomic E-state index is 0.135. The molecule has 2 aliphatic heterocycles. The lowest BCUT2D eigenvalue weighted by atomic mass is 10.3. The number of hydrogen-bond donors (Lipinski definition) is 0. The fourth-order valence-electron chi connectivity index (χ4n) is 2.83. The van der Waals surface area contributed by atoms with Crippen molar-refractivity contribution in [2.75, 3.05) is 0 Å². The van der Waals surface area contributed by atoms with Gasteiger partial charge in [0.25, 0.3) is 5.84 Å². The highest BCUT2D eigenvalue weighted by Gasteiger charge is 2.34. The van der Waals surface area contributed by atoms with E-state index in [0.29, 0.717) is 12.4 Å². The molecule has 0 saturated heterocycles. The van der Waals surface area contributed by atoms with E-state index in [0.717, 1.165) is 29.6 Å². The van der Waals surface area contributed by atoms with Gasteiger partial charge in [0.2, 0.25) is 5.82 Å². The van der Waals surface area contributed by atoms with Gasteiger partial charge in [0, 0.05) is 25.0 Å². The predicted molar refractivity (Wildman–Crippen MR) is 91.6 cm³/mol. The molecule has 2 aromatic heterocycles. The van der Waals surface area contributed by atoms with Crippen molar-refractivity contribution < 1.29 is 9.26 Å². The Morgan fingerprint density at radius 3 is 2.72 bits per heavy atom. The summed E-state index contributed by atoms with van der Waals surface area (Å²) in [6.45, 7) is 4.02. The maximum absolute atomic E-state index is 4.63. The molecule has 0 fully saturated rings. The van der Waals surface area contributed by atoms with Crippen molar-refractivity contribution in [1.29, 1.82) is 0 Å². The van der Waals surface area contributed by atoms with Gasteiger partial charge >= 0.3 is 11.8 Å². The Bertz CT molecular complexity index is 933. The average molecular weight is 336 g/mol. The number of rotatable bonds is 4. The summed E-state index contributed by atoms with van der Waals surface area (Å²) < 4.78 is 5.64. The molecule has 4 heterocycles. The average Bonchev–Trinajstić information content (AvgIpc) is 3.22. The molecule has 4 rings (SSSR count). The molecule has 0 amide bonds. The van der Waals surface area contributed by atoms with Crippen LogP contribution < -0.4 is 4.57 Å². The van der Waals surface area contributed by atoms with Crippen LogP contribution in [0.15, 0.2) is 57.2 Å². The Morgan fingerprint density at radius 2 is 1.96 bits per heavy atom. The Morgan fingerprint density at radius 1 is 1.16 bits per heavy atom. The van der Waals surface area contributed by atoms with Gasteiger partial charge in [-0.15, -0.1) is 4.70 Å². The lowest BCUT2D eigenvalue weighted by Gasteiger charge is -2.07. The Labute approximate surface area is 145 Å². The third-order valence-corrected chi connectivity index (χ3v) is 4.23. The second-order valence-corrected chi connectivity index (χ2v) is 6.13. The number of aliphatic imine (C=N–C) groups is 2. The van der Waals surface area contributed by atoms with Crippen LogP contribution in [0, 0.1) is 0 Å². The molecule has 0 bridgehead atoms. The lowest BCUT2D eigenvalue weighted by molar-refractivity contribution is -0.603. The van der Waals surface area contributed by atoms with Crippen LogP contribution in [-0.2, 0) is 13.5 Å². The molecule has 2 aromatic rings. The summed E-state index contributed by atoms with van der Waals surface area (Å²) in [4.78, 5) is 13.6. The summed E-state index contributed by atoms with van der Waals surface area (Å²) in [6, 6.07) is 6.02. The first-order chi connectivity index (χ1) is 12.1. The number of fused-ring (bicyclic) bond motifs is 1. The standard InChI is InChI=1S/C17H20N8/c1-12-11-18-13(2)16-19-14(21-25(12)16)7-8-15-20-17(22-23(15)3)24-9-5-4-6-10-24/h4-6,9-12H,7-8H2,1-3H3/q+2. The number of hydrogen-bond acceptors (Lipinski definition) is 5. The smallest absolute Gasteiger partial charge is 0.253 e. The summed E-state index contributed by atoms with van der Waals surface area (Å²) in [6.07, 6.45) is 7.21. The molecule has 2 aliphatic rings. The number of amidine groups is 1. The number of azo groups is 2. The number of nitrogens with zero attached hydrogens (tertiary/aromatic N) is 8. The maximum Gasteiger partial charge on any atom is 0.459 e. The SMILES string of the molecule is CC1=C2N=C(CCc3nc(-[n+]4ccccc4)nn3C)N=[N+]2C(C)C=N1. The van der Waals surface area contributed by atoms with Crippen LogP contribution in [-0.4, -0.2) is 37.6 Å². The van der Waals surface area contributed by atoms with E-state index < -0.39 is 0 Å². The van der Waals surface area contributed by atoms with Gasteiger partial charge < -0.3 is 0 Å². The van der Waals surface area contributed by atoms with Gasteiger partial charge in [0.1, 0.15) is 5.70 Å². The molecular formula is C17H20N8+2. The Hall–Kier alpha value is -3.03. The zero-order valence-corrected chi connectivity index (χ0v) is 14.5. The van der Waals surface area contributed by atoms with Gasteiger partial charge in [-0.05, 0) is 41.1 Å². The van der Waals surface area contributed by atoms with Crippen LogP contribution in [0.3, 0.4) is 0 Å².